The van der Waals surface area contributed by atoms with Gasteiger partial charge in [0, 0.05) is 0 Å². The molecule has 0 saturated carbocycles. The number of esters is 2. The number of benzene rings is 2. The van der Waals surface area contributed by atoms with Crippen molar-refractivity contribution in [2.45, 2.75) is 77.0 Å². The molecule has 0 heterocycles. The molecule has 198 valence electrons. The van der Waals surface area contributed by atoms with Gasteiger partial charge in [-0.2, -0.15) is 0 Å². The summed E-state index contributed by atoms with van der Waals surface area (Å²) >= 11 is 12.5. The third kappa shape index (κ3) is 11.8. The second kappa shape index (κ2) is 15.9. The molecule has 0 spiro atoms. The van der Waals surface area contributed by atoms with E-state index in [1.54, 1.807) is 24.3 Å². The Morgan fingerprint density at radius 3 is 1.25 bits per heavy atom. The highest BCUT2D eigenvalue weighted by molar-refractivity contribution is 6.21. The highest BCUT2D eigenvalue weighted by Gasteiger charge is 2.13. The summed E-state index contributed by atoms with van der Waals surface area (Å²) in [7, 11) is 0. The molecule has 36 heavy (non-hydrogen) atoms. The average Bonchev–Trinajstić information content (AvgIpc) is 2.87. The van der Waals surface area contributed by atoms with Crippen molar-refractivity contribution in [1.29, 1.82) is 0 Å². The van der Waals surface area contributed by atoms with E-state index >= 15 is 0 Å². The lowest BCUT2D eigenvalue weighted by Crippen LogP contribution is -2.15. The molecule has 0 N–H and O–H groups in total. The number of alkyl halides is 2. The SMILES string of the molecule is CC(C)CC[C@H](Cl)COC(=O)c1ccc(CCc2ccc(C(=O)OC[C@@H](Cl)CCC(C)C)cc2)cc1. The van der Waals surface area contributed by atoms with Crippen molar-refractivity contribution < 1.29 is 19.1 Å². The van der Waals surface area contributed by atoms with E-state index in [0.29, 0.717) is 23.0 Å². The maximum Gasteiger partial charge on any atom is 0.338 e. The molecule has 0 aliphatic rings. The van der Waals surface area contributed by atoms with E-state index in [-0.39, 0.29) is 35.9 Å². The zero-order valence-electron chi connectivity index (χ0n) is 22.0. The summed E-state index contributed by atoms with van der Waals surface area (Å²) in [6.45, 7) is 9.05. The molecule has 2 aromatic carbocycles. The second-order valence-corrected chi connectivity index (χ2v) is 11.5. The van der Waals surface area contributed by atoms with Gasteiger partial charge in [-0.1, -0.05) is 52.0 Å². The summed E-state index contributed by atoms with van der Waals surface area (Å²) in [5.74, 6) is 0.467. The third-order valence-corrected chi connectivity index (χ3v) is 6.68. The highest BCUT2D eigenvalue weighted by atomic mass is 35.5. The van der Waals surface area contributed by atoms with Gasteiger partial charge in [0.15, 0.2) is 0 Å². The van der Waals surface area contributed by atoms with E-state index in [4.69, 9.17) is 32.7 Å². The van der Waals surface area contributed by atoms with E-state index in [2.05, 4.69) is 27.7 Å². The van der Waals surface area contributed by atoms with Gasteiger partial charge in [-0.3, -0.25) is 0 Å². The number of halogens is 2. The molecular formula is C30H40Cl2O4. The Balaban J connectivity index is 1.75. The Bertz CT molecular complexity index is 845. The van der Waals surface area contributed by atoms with Gasteiger partial charge in [0.25, 0.3) is 0 Å². The Hall–Kier alpha value is -2.04. The van der Waals surface area contributed by atoms with Gasteiger partial charge < -0.3 is 9.47 Å². The topological polar surface area (TPSA) is 52.6 Å². The third-order valence-electron chi connectivity index (χ3n) is 5.99. The van der Waals surface area contributed by atoms with Crippen LogP contribution in [0.3, 0.4) is 0 Å². The first kappa shape index (κ1) is 30.2. The van der Waals surface area contributed by atoms with Crippen molar-refractivity contribution >= 4 is 35.1 Å². The summed E-state index contributed by atoms with van der Waals surface area (Å²) < 4.78 is 10.7. The van der Waals surface area contributed by atoms with Gasteiger partial charge in [-0.25, -0.2) is 9.59 Å². The van der Waals surface area contributed by atoms with Crippen LogP contribution < -0.4 is 0 Å². The Labute approximate surface area is 226 Å². The predicted molar refractivity (Wildman–Crippen MR) is 148 cm³/mol. The first-order valence-electron chi connectivity index (χ1n) is 12.9. The molecule has 0 amide bonds. The van der Waals surface area contributed by atoms with Crippen LogP contribution in [0.5, 0.6) is 0 Å². The second-order valence-electron chi connectivity index (χ2n) is 10.2. The average molecular weight is 536 g/mol. The maximum atomic E-state index is 12.3. The van der Waals surface area contributed by atoms with Gasteiger partial charge in [0.05, 0.1) is 21.9 Å². The minimum Gasteiger partial charge on any atom is -0.461 e. The van der Waals surface area contributed by atoms with Crippen LogP contribution in [0.4, 0.5) is 0 Å². The minimum atomic E-state index is -0.348. The molecule has 4 nitrogen and oxygen atoms in total. The first-order valence-corrected chi connectivity index (χ1v) is 13.8. The molecule has 6 heteroatoms. The number of aryl methyl sites for hydroxylation is 2. The van der Waals surface area contributed by atoms with E-state index in [1.165, 1.54) is 0 Å². The zero-order chi connectivity index (χ0) is 26.5. The summed E-state index contributed by atoms with van der Waals surface area (Å²) in [4.78, 5) is 24.6. The normalized spacial score (nSPS) is 13.0. The standard InChI is InChI=1S/C30H40Cl2O4/c1-21(2)5-17-27(31)19-35-29(33)25-13-9-23(10-14-25)7-8-24-11-15-26(16-12-24)30(34)36-20-28(32)18-6-22(3)4/h9-16,21-22,27-28H,5-8,17-20H2,1-4H3/t27-,28-/m0/s1. The van der Waals surface area contributed by atoms with Gasteiger partial charge in [0.1, 0.15) is 13.2 Å². The number of carbonyl (C=O) groups is 2. The van der Waals surface area contributed by atoms with Crippen LogP contribution in [-0.2, 0) is 22.3 Å². The number of ether oxygens (including phenoxy) is 2. The molecule has 0 saturated heterocycles. The van der Waals surface area contributed by atoms with Crippen LogP contribution in [0.25, 0.3) is 0 Å². The van der Waals surface area contributed by atoms with Crippen molar-refractivity contribution in [3.63, 3.8) is 0 Å². The molecule has 0 unspecified atom stereocenters. The number of rotatable bonds is 15. The first-order chi connectivity index (χ1) is 17.1. The molecule has 2 atom stereocenters. The Kier molecular flexibility index (Phi) is 13.4. The fraction of sp³-hybridized carbons (Fsp3) is 0.533. The number of hydrogen-bond acceptors (Lipinski definition) is 4. The van der Waals surface area contributed by atoms with Crippen molar-refractivity contribution in [3.8, 4) is 0 Å². The maximum absolute atomic E-state index is 12.3. The molecule has 0 fully saturated rings. The molecule has 2 aromatic rings. The van der Waals surface area contributed by atoms with E-state index in [9.17, 15) is 9.59 Å². The summed E-state index contributed by atoms with van der Waals surface area (Å²) in [5.41, 5.74) is 3.30. The molecule has 2 rings (SSSR count). The fourth-order valence-electron chi connectivity index (χ4n) is 3.60. The summed E-state index contributed by atoms with van der Waals surface area (Å²) in [5, 5.41) is -0.313. The van der Waals surface area contributed by atoms with Crippen molar-refractivity contribution in [3.05, 3.63) is 70.8 Å². The van der Waals surface area contributed by atoms with Gasteiger partial charge in [-0.05, 0) is 85.8 Å². The highest BCUT2D eigenvalue weighted by Crippen LogP contribution is 2.16. The molecule has 0 aliphatic carbocycles. The molecule has 0 aliphatic heterocycles. The van der Waals surface area contributed by atoms with Crippen LogP contribution in [0, 0.1) is 11.8 Å². The van der Waals surface area contributed by atoms with Crippen molar-refractivity contribution in [2.24, 2.45) is 11.8 Å². The summed E-state index contributed by atoms with van der Waals surface area (Å²) in [6.07, 6.45) is 5.34. The van der Waals surface area contributed by atoms with Gasteiger partial charge >= 0.3 is 11.9 Å². The zero-order valence-corrected chi connectivity index (χ0v) is 23.5. The van der Waals surface area contributed by atoms with Crippen LogP contribution in [-0.4, -0.2) is 35.9 Å². The van der Waals surface area contributed by atoms with Crippen LogP contribution >= 0.6 is 23.2 Å². The molecule has 0 radical (unpaired) electrons. The van der Waals surface area contributed by atoms with Gasteiger partial charge in [-0.15, -0.1) is 23.2 Å². The smallest absolute Gasteiger partial charge is 0.338 e. The fourth-order valence-corrected chi connectivity index (χ4v) is 3.98. The van der Waals surface area contributed by atoms with Crippen LogP contribution in [0.2, 0.25) is 0 Å². The van der Waals surface area contributed by atoms with Crippen LogP contribution in [0.15, 0.2) is 48.5 Å². The lowest BCUT2D eigenvalue weighted by atomic mass is 10.0. The minimum absolute atomic E-state index is 0.157. The van der Waals surface area contributed by atoms with Gasteiger partial charge in [0.2, 0.25) is 0 Å². The largest absolute Gasteiger partial charge is 0.461 e. The Morgan fingerprint density at radius 2 is 0.944 bits per heavy atom. The predicted octanol–water partition coefficient (Wildman–Crippen LogP) is 7.87. The molecule has 0 aromatic heterocycles. The summed E-state index contributed by atoms with van der Waals surface area (Å²) in [6, 6.07) is 14.9. The number of hydrogen-bond donors (Lipinski definition) is 0. The van der Waals surface area contributed by atoms with E-state index in [1.807, 2.05) is 24.3 Å². The quantitative estimate of drug-likeness (QED) is 0.172. The van der Waals surface area contributed by atoms with Crippen LogP contribution in [0.1, 0.15) is 85.2 Å². The van der Waals surface area contributed by atoms with E-state index < -0.39 is 0 Å². The number of carbonyl (C=O) groups excluding carboxylic acids is 2. The van der Waals surface area contributed by atoms with Crippen molar-refractivity contribution in [1.82, 2.24) is 0 Å². The van der Waals surface area contributed by atoms with Crippen molar-refractivity contribution in [2.75, 3.05) is 13.2 Å². The molecular weight excluding hydrogens is 495 g/mol. The lowest BCUT2D eigenvalue weighted by Gasteiger charge is -2.12. The van der Waals surface area contributed by atoms with E-state index in [0.717, 1.165) is 49.7 Å². The lowest BCUT2D eigenvalue weighted by molar-refractivity contribution is 0.0492. The molecule has 0 bridgehead atoms. The monoisotopic (exact) mass is 534 g/mol. The Morgan fingerprint density at radius 1 is 0.611 bits per heavy atom.